The van der Waals surface area contributed by atoms with Crippen molar-refractivity contribution in [2.24, 2.45) is 5.92 Å². The fraction of sp³-hybridized carbons (Fsp3) is 0.429. The van der Waals surface area contributed by atoms with E-state index in [1.54, 1.807) is 13.0 Å². The average Bonchev–Trinajstić information content (AvgIpc) is 3.15. The Labute approximate surface area is 116 Å². The molecular weight excluding hydrogens is 266 g/mol. The number of carboxylic acid groups (broad SMARTS) is 1. The van der Waals surface area contributed by atoms with Crippen molar-refractivity contribution in [3.63, 3.8) is 0 Å². The molecule has 0 saturated heterocycles. The minimum absolute atomic E-state index is 0.133. The van der Waals surface area contributed by atoms with Crippen LogP contribution in [-0.2, 0) is 9.59 Å². The monoisotopic (exact) mass is 281 g/mol. The van der Waals surface area contributed by atoms with E-state index in [0.717, 1.165) is 12.0 Å². The van der Waals surface area contributed by atoms with Gasteiger partial charge in [-0.1, -0.05) is 30.7 Å². The van der Waals surface area contributed by atoms with Crippen LogP contribution in [0.4, 0.5) is 0 Å². The summed E-state index contributed by atoms with van der Waals surface area (Å²) < 4.78 is 0. The molecule has 0 bridgehead atoms. The first kappa shape index (κ1) is 13.9. The second kappa shape index (κ2) is 5.61. The Kier molecular flexibility index (Phi) is 4.10. The zero-order valence-corrected chi connectivity index (χ0v) is 11.4. The van der Waals surface area contributed by atoms with Crippen LogP contribution < -0.4 is 5.32 Å². The number of rotatable bonds is 5. The molecule has 1 aromatic rings. The highest BCUT2D eigenvalue weighted by atomic mass is 35.5. The molecular formula is C14H16ClNO3. The molecule has 1 fully saturated rings. The van der Waals surface area contributed by atoms with Crippen molar-refractivity contribution in [2.75, 3.05) is 0 Å². The summed E-state index contributed by atoms with van der Waals surface area (Å²) in [7, 11) is 0. The summed E-state index contributed by atoms with van der Waals surface area (Å²) in [4.78, 5) is 22.8. The molecule has 0 aromatic heterocycles. The molecule has 0 spiro atoms. The molecule has 3 unspecified atom stereocenters. The molecule has 1 amide bonds. The maximum Gasteiger partial charge on any atom is 0.326 e. The van der Waals surface area contributed by atoms with Gasteiger partial charge in [-0.25, -0.2) is 4.79 Å². The third-order valence-electron chi connectivity index (χ3n) is 3.43. The minimum atomic E-state index is -0.990. The molecule has 102 valence electrons. The molecule has 0 heterocycles. The molecule has 1 aliphatic rings. The van der Waals surface area contributed by atoms with E-state index in [4.69, 9.17) is 16.7 Å². The van der Waals surface area contributed by atoms with Gasteiger partial charge in [0.1, 0.15) is 6.04 Å². The van der Waals surface area contributed by atoms with Gasteiger partial charge in [0.25, 0.3) is 0 Å². The van der Waals surface area contributed by atoms with E-state index in [1.807, 2.05) is 18.2 Å². The molecule has 1 saturated carbocycles. The topological polar surface area (TPSA) is 66.4 Å². The van der Waals surface area contributed by atoms with Gasteiger partial charge in [0.2, 0.25) is 5.91 Å². The number of amides is 1. The van der Waals surface area contributed by atoms with Crippen molar-refractivity contribution in [3.8, 4) is 0 Å². The van der Waals surface area contributed by atoms with Crippen molar-refractivity contribution in [1.82, 2.24) is 5.32 Å². The molecule has 4 nitrogen and oxygen atoms in total. The summed E-state index contributed by atoms with van der Waals surface area (Å²) in [6, 6.07) is 6.65. The standard InChI is InChI=1S/C14H16ClNO3/c1-2-12(14(18)19)16-13(17)11-7-10(11)8-4-3-5-9(15)6-8/h3-6,10-12H,2,7H2,1H3,(H,16,17)(H,18,19). The normalized spacial score (nSPS) is 22.6. The van der Waals surface area contributed by atoms with E-state index in [-0.39, 0.29) is 17.7 Å². The fourth-order valence-corrected chi connectivity index (χ4v) is 2.41. The Morgan fingerprint density at radius 2 is 2.26 bits per heavy atom. The SMILES string of the molecule is CCC(NC(=O)C1CC1c1cccc(Cl)c1)C(=O)O. The Balaban J connectivity index is 1.95. The van der Waals surface area contributed by atoms with Gasteiger partial charge in [0, 0.05) is 10.9 Å². The molecule has 0 radical (unpaired) electrons. The zero-order valence-electron chi connectivity index (χ0n) is 10.6. The van der Waals surface area contributed by atoms with Gasteiger partial charge in [-0.05, 0) is 36.5 Å². The number of hydrogen-bond acceptors (Lipinski definition) is 2. The average molecular weight is 282 g/mol. The summed E-state index contributed by atoms with van der Waals surface area (Å²) in [6.07, 6.45) is 1.14. The molecule has 0 aliphatic heterocycles. The van der Waals surface area contributed by atoms with Crippen LogP contribution in [0.25, 0.3) is 0 Å². The molecule has 2 rings (SSSR count). The Bertz CT molecular complexity index is 503. The Hall–Kier alpha value is -1.55. The maximum atomic E-state index is 11.9. The summed E-state index contributed by atoms with van der Waals surface area (Å²) in [5.74, 6) is -1.15. The number of aliphatic carboxylic acids is 1. The van der Waals surface area contributed by atoms with Crippen LogP contribution in [0.15, 0.2) is 24.3 Å². The van der Waals surface area contributed by atoms with E-state index in [9.17, 15) is 9.59 Å². The molecule has 1 aromatic carbocycles. The van der Waals surface area contributed by atoms with E-state index in [1.165, 1.54) is 0 Å². The first-order chi connectivity index (χ1) is 9.02. The van der Waals surface area contributed by atoms with Crippen LogP contribution in [0.3, 0.4) is 0 Å². The highest BCUT2D eigenvalue weighted by Gasteiger charge is 2.44. The first-order valence-electron chi connectivity index (χ1n) is 6.31. The number of halogens is 1. The fourth-order valence-electron chi connectivity index (χ4n) is 2.21. The summed E-state index contributed by atoms with van der Waals surface area (Å²) in [5.41, 5.74) is 1.04. The van der Waals surface area contributed by atoms with Crippen LogP contribution in [0, 0.1) is 5.92 Å². The Morgan fingerprint density at radius 3 is 2.84 bits per heavy atom. The molecule has 2 N–H and O–H groups in total. The van der Waals surface area contributed by atoms with Gasteiger partial charge in [0.15, 0.2) is 0 Å². The molecule has 1 aliphatic carbocycles. The van der Waals surface area contributed by atoms with E-state index < -0.39 is 12.0 Å². The molecule has 19 heavy (non-hydrogen) atoms. The van der Waals surface area contributed by atoms with Crippen LogP contribution in [-0.4, -0.2) is 23.0 Å². The maximum absolute atomic E-state index is 11.9. The number of carbonyl (C=O) groups excluding carboxylic acids is 1. The van der Waals surface area contributed by atoms with E-state index >= 15 is 0 Å². The number of nitrogens with one attached hydrogen (secondary N) is 1. The van der Waals surface area contributed by atoms with Crippen molar-refractivity contribution in [1.29, 1.82) is 0 Å². The zero-order chi connectivity index (χ0) is 14.0. The van der Waals surface area contributed by atoms with Crippen molar-refractivity contribution < 1.29 is 14.7 Å². The molecule has 3 atom stereocenters. The van der Waals surface area contributed by atoms with Gasteiger partial charge in [-0.15, -0.1) is 0 Å². The minimum Gasteiger partial charge on any atom is -0.480 e. The van der Waals surface area contributed by atoms with Crippen LogP contribution in [0.5, 0.6) is 0 Å². The quantitative estimate of drug-likeness (QED) is 0.871. The number of carboxylic acids is 1. The van der Waals surface area contributed by atoms with Crippen LogP contribution in [0.1, 0.15) is 31.2 Å². The highest BCUT2D eigenvalue weighted by Crippen LogP contribution is 2.47. The lowest BCUT2D eigenvalue weighted by atomic mass is 10.1. The van der Waals surface area contributed by atoms with Crippen molar-refractivity contribution in [3.05, 3.63) is 34.9 Å². The lowest BCUT2D eigenvalue weighted by molar-refractivity contribution is -0.142. The van der Waals surface area contributed by atoms with Crippen molar-refractivity contribution >= 4 is 23.5 Å². The highest BCUT2D eigenvalue weighted by molar-refractivity contribution is 6.30. The number of carbonyl (C=O) groups is 2. The number of benzene rings is 1. The molecule has 5 heteroatoms. The summed E-state index contributed by atoms with van der Waals surface area (Å²) >= 11 is 5.91. The Morgan fingerprint density at radius 1 is 1.53 bits per heavy atom. The lowest BCUT2D eigenvalue weighted by Gasteiger charge is -2.12. The third kappa shape index (κ3) is 3.26. The van der Waals surface area contributed by atoms with E-state index in [2.05, 4.69) is 5.32 Å². The van der Waals surface area contributed by atoms with E-state index in [0.29, 0.717) is 11.4 Å². The lowest BCUT2D eigenvalue weighted by Crippen LogP contribution is -2.41. The number of hydrogen-bond donors (Lipinski definition) is 2. The summed E-state index contributed by atoms with van der Waals surface area (Å²) in [5, 5.41) is 12.1. The smallest absolute Gasteiger partial charge is 0.326 e. The van der Waals surface area contributed by atoms with Gasteiger partial charge < -0.3 is 10.4 Å². The van der Waals surface area contributed by atoms with Gasteiger partial charge >= 0.3 is 5.97 Å². The first-order valence-corrected chi connectivity index (χ1v) is 6.69. The van der Waals surface area contributed by atoms with Gasteiger partial charge in [0.05, 0.1) is 0 Å². The van der Waals surface area contributed by atoms with Crippen LogP contribution in [0.2, 0.25) is 5.02 Å². The van der Waals surface area contributed by atoms with Crippen molar-refractivity contribution in [2.45, 2.75) is 31.7 Å². The van der Waals surface area contributed by atoms with Gasteiger partial charge in [-0.2, -0.15) is 0 Å². The third-order valence-corrected chi connectivity index (χ3v) is 3.66. The van der Waals surface area contributed by atoms with Crippen LogP contribution >= 0.6 is 11.6 Å². The predicted molar refractivity (Wildman–Crippen MR) is 72.2 cm³/mol. The largest absolute Gasteiger partial charge is 0.480 e. The second-order valence-corrected chi connectivity index (χ2v) is 5.25. The second-order valence-electron chi connectivity index (χ2n) is 4.81. The predicted octanol–water partition coefficient (Wildman–Crippen LogP) is 2.42. The van der Waals surface area contributed by atoms with Gasteiger partial charge in [-0.3, -0.25) is 4.79 Å². The summed E-state index contributed by atoms with van der Waals surface area (Å²) in [6.45, 7) is 1.74.